The number of nitrogens with one attached hydrogen (secondary N) is 1. The highest BCUT2D eigenvalue weighted by Gasteiger charge is 2.22. The van der Waals surface area contributed by atoms with Gasteiger partial charge in [-0.2, -0.15) is 10.2 Å². The molecule has 0 atom stereocenters. The minimum atomic E-state index is -0.576. The second kappa shape index (κ2) is 10.6. The van der Waals surface area contributed by atoms with Crippen LogP contribution >= 0.6 is 11.6 Å². The number of nitro groups is 1. The third-order valence-electron chi connectivity index (χ3n) is 4.69. The van der Waals surface area contributed by atoms with Crippen LogP contribution in [0.4, 0.5) is 5.69 Å². The average molecular weight is 486 g/mol. The lowest BCUT2D eigenvalue weighted by Crippen LogP contribution is -2.24. The van der Waals surface area contributed by atoms with Crippen LogP contribution in [-0.2, 0) is 11.3 Å². The van der Waals surface area contributed by atoms with E-state index in [1.807, 2.05) is 0 Å². The summed E-state index contributed by atoms with van der Waals surface area (Å²) < 4.78 is 11.9. The Bertz CT molecular complexity index is 1270. The summed E-state index contributed by atoms with van der Waals surface area (Å²) in [5.41, 5.74) is 3.60. The van der Waals surface area contributed by atoms with Crippen molar-refractivity contribution in [2.75, 3.05) is 7.11 Å². The van der Waals surface area contributed by atoms with Crippen molar-refractivity contribution in [1.82, 2.24) is 15.2 Å². The fourth-order valence-corrected chi connectivity index (χ4v) is 3.18. The summed E-state index contributed by atoms with van der Waals surface area (Å²) in [5, 5.41) is 19.5. The van der Waals surface area contributed by atoms with Gasteiger partial charge in [0.2, 0.25) is 0 Å². The number of aryl methyl sites for hydroxylation is 1. The van der Waals surface area contributed by atoms with Gasteiger partial charge in [0.1, 0.15) is 17.9 Å². The average Bonchev–Trinajstić information content (AvgIpc) is 3.07. The molecule has 0 radical (unpaired) electrons. The molecule has 1 N–H and O–H groups in total. The quantitative estimate of drug-likeness (QED) is 0.169. The summed E-state index contributed by atoms with van der Waals surface area (Å²) in [7, 11) is 1.42. The SMILES string of the molecule is COc1cc(/C=N/NC(=O)Cn2nc(C)c([N+](=O)[O-])c2C)ccc1OC(=O)c1ccc(Cl)cc1. The zero-order chi connectivity index (χ0) is 24.8. The van der Waals surface area contributed by atoms with Crippen molar-refractivity contribution in [2.45, 2.75) is 20.4 Å². The maximum absolute atomic E-state index is 12.3. The number of rotatable bonds is 8. The summed E-state index contributed by atoms with van der Waals surface area (Å²) >= 11 is 5.83. The molecular formula is C22H20ClN5O6. The molecule has 0 aliphatic heterocycles. The van der Waals surface area contributed by atoms with Crippen LogP contribution in [-0.4, -0.2) is 39.9 Å². The molecule has 1 heterocycles. The number of esters is 1. The largest absolute Gasteiger partial charge is 0.493 e. The second-order valence-corrected chi connectivity index (χ2v) is 7.47. The first-order valence-corrected chi connectivity index (χ1v) is 10.2. The molecule has 0 aliphatic carbocycles. The number of ether oxygens (including phenoxy) is 2. The predicted molar refractivity (Wildman–Crippen MR) is 123 cm³/mol. The smallest absolute Gasteiger partial charge is 0.343 e. The normalized spacial score (nSPS) is 10.8. The third-order valence-corrected chi connectivity index (χ3v) is 4.94. The molecule has 3 aromatic rings. The Morgan fingerprint density at radius 1 is 1.21 bits per heavy atom. The third kappa shape index (κ3) is 5.75. The molecule has 0 saturated carbocycles. The minimum absolute atomic E-state index is 0.125. The van der Waals surface area contributed by atoms with E-state index in [0.29, 0.717) is 16.1 Å². The molecule has 34 heavy (non-hydrogen) atoms. The molecule has 0 bridgehead atoms. The van der Waals surface area contributed by atoms with Crippen LogP contribution in [0.15, 0.2) is 47.6 Å². The topological polar surface area (TPSA) is 138 Å². The first-order chi connectivity index (χ1) is 16.2. The Hall–Kier alpha value is -4.25. The lowest BCUT2D eigenvalue weighted by atomic mass is 10.2. The number of hydrogen-bond donors (Lipinski definition) is 1. The molecule has 1 amide bonds. The summed E-state index contributed by atoms with van der Waals surface area (Å²) in [6.45, 7) is 2.78. The highest BCUT2D eigenvalue weighted by molar-refractivity contribution is 6.30. The molecule has 2 aromatic carbocycles. The molecule has 0 spiro atoms. The number of halogens is 1. The first-order valence-electron chi connectivity index (χ1n) is 9.85. The van der Waals surface area contributed by atoms with E-state index in [2.05, 4.69) is 15.6 Å². The number of carbonyl (C=O) groups is 2. The molecule has 3 rings (SSSR count). The van der Waals surface area contributed by atoms with Crippen molar-refractivity contribution in [3.05, 3.63) is 80.1 Å². The van der Waals surface area contributed by atoms with Crippen LogP contribution in [0.5, 0.6) is 11.5 Å². The Labute approximate surface area is 199 Å². The fourth-order valence-electron chi connectivity index (χ4n) is 3.05. The molecular weight excluding hydrogens is 466 g/mol. The molecule has 12 heteroatoms. The summed E-state index contributed by atoms with van der Waals surface area (Å²) in [6.07, 6.45) is 1.37. The number of amides is 1. The van der Waals surface area contributed by atoms with Gasteiger partial charge in [-0.1, -0.05) is 11.6 Å². The fraction of sp³-hybridized carbons (Fsp3) is 0.182. The van der Waals surface area contributed by atoms with Crippen LogP contribution in [0.3, 0.4) is 0 Å². The zero-order valence-electron chi connectivity index (χ0n) is 18.4. The van der Waals surface area contributed by atoms with Crippen molar-refractivity contribution in [1.29, 1.82) is 0 Å². The van der Waals surface area contributed by atoms with Gasteiger partial charge in [0.05, 0.1) is 23.8 Å². The van der Waals surface area contributed by atoms with E-state index >= 15 is 0 Å². The van der Waals surface area contributed by atoms with Gasteiger partial charge in [0, 0.05) is 5.02 Å². The molecule has 0 saturated heterocycles. The number of benzene rings is 2. The van der Waals surface area contributed by atoms with Crippen LogP contribution in [0.1, 0.15) is 27.3 Å². The second-order valence-electron chi connectivity index (χ2n) is 7.03. The van der Waals surface area contributed by atoms with Gasteiger partial charge < -0.3 is 9.47 Å². The van der Waals surface area contributed by atoms with Gasteiger partial charge in [-0.15, -0.1) is 0 Å². The van der Waals surface area contributed by atoms with Crippen LogP contribution in [0.2, 0.25) is 5.02 Å². The van der Waals surface area contributed by atoms with Crippen molar-refractivity contribution in [2.24, 2.45) is 5.10 Å². The van der Waals surface area contributed by atoms with Crippen molar-refractivity contribution >= 4 is 35.4 Å². The van der Waals surface area contributed by atoms with E-state index in [-0.39, 0.29) is 35.1 Å². The van der Waals surface area contributed by atoms with Gasteiger partial charge >= 0.3 is 11.7 Å². The number of carbonyl (C=O) groups excluding carboxylic acids is 2. The standard InChI is InChI=1S/C22H20ClN5O6/c1-13-21(28(31)32)14(2)27(26-13)12-20(29)25-24-11-15-4-9-18(19(10-15)33-3)34-22(30)16-5-7-17(23)8-6-16/h4-11H,12H2,1-3H3,(H,25,29)/b24-11+. The summed E-state index contributed by atoms with van der Waals surface area (Å²) in [4.78, 5) is 35.0. The number of hydrazone groups is 1. The van der Waals surface area contributed by atoms with Crippen LogP contribution in [0, 0.1) is 24.0 Å². The first kappa shape index (κ1) is 24.4. The number of hydrogen-bond acceptors (Lipinski definition) is 8. The zero-order valence-corrected chi connectivity index (χ0v) is 19.2. The van der Waals surface area contributed by atoms with Crippen molar-refractivity contribution < 1.29 is 24.0 Å². The van der Waals surface area contributed by atoms with Crippen molar-refractivity contribution in [3.63, 3.8) is 0 Å². The van der Waals surface area contributed by atoms with Gasteiger partial charge in [-0.05, 0) is 61.9 Å². The molecule has 0 unspecified atom stereocenters. The lowest BCUT2D eigenvalue weighted by molar-refractivity contribution is -0.386. The van der Waals surface area contributed by atoms with E-state index in [1.165, 1.54) is 37.9 Å². The maximum Gasteiger partial charge on any atom is 0.343 e. The van der Waals surface area contributed by atoms with E-state index < -0.39 is 16.8 Å². The van der Waals surface area contributed by atoms with Gasteiger partial charge in [-0.3, -0.25) is 19.6 Å². The lowest BCUT2D eigenvalue weighted by Gasteiger charge is -2.10. The molecule has 0 fully saturated rings. The van der Waals surface area contributed by atoms with Gasteiger partial charge in [0.15, 0.2) is 11.5 Å². The van der Waals surface area contributed by atoms with Crippen LogP contribution < -0.4 is 14.9 Å². The maximum atomic E-state index is 12.3. The van der Waals surface area contributed by atoms with E-state index in [4.69, 9.17) is 21.1 Å². The Morgan fingerprint density at radius 3 is 2.53 bits per heavy atom. The number of aromatic nitrogens is 2. The monoisotopic (exact) mass is 485 g/mol. The van der Waals surface area contributed by atoms with E-state index in [1.54, 1.807) is 36.4 Å². The Balaban J connectivity index is 1.63. The molecule has 11 nitrogen and oxygen atoms in total. The highest BCUT2D eigenvalue weighted by atomic mass is 35.5. The summed E-state index contributed by atoms with van der Waals surface area (Å²) in [5.74, 6) is -0.604. The van der Waals surface area contributed by atoms with E-state index in [9.17, 15) is 19.7 Å². The minimum Gasteiger partial charge on any atom is -0.493 e. The van der Waals surface area contributed by atoms with Gasteiger partial charge in [-0.25, -0.2) is 10.2 Å². The highest BCUT2D eigenvalue weighted by Crippen LogP contribution is 2.28. The Kier molecular flexibility index (Phi) is 7.59. The number of nitrogens with zero attached hydrogens (tertiary/aromatic N) is 4. The molecule has 0 aliphatic rings. The summed E-state index contributed by atoms with van der Waals surface area (Å²) in [6, 6.07) is 11.0. The molecule has 176 valence electrons. The molecule has 1 aromatic heterocycles. The van der Waals surface area contributed by atoms with Crippen molar-refractivity contribution in [3.8, 4) is 11.5 Å². The van der Waals surface area contributed by atoms with Crippen LogP contribution in [0.25, 0.3) is 0 Å². The Morgan fingerprint density at radius 2 is 1.91 bits per heavy atom. The van der Waals surface area contributed by atoms with Gasteiger partial charge in [0.25, 0.3) is 5.91 Å². The van der Waals surface area contributed by atoms with E-state index in [0.717, 1.165) is 0 Å². The number of methoxy groups -OCH3 is 1. The predicted octanol–water partition coefficient (Wildman–Crippen LogP) is 3.44.